The molecule has 1 aliphatic carbocycles. The van der Waals surface area contributed by atoms with Gasteiger partial charge in [0, 0.05) is 49.6 Å². The second-order valence-corrected chi connectivity index (χ2v) is 9.55. The van der Waals surface area contributed by atoms with Gasteiger partial charge in [-0.25, -0.2) is 4.98 Å². The lowest BCUT2D eigenvalue weighted by molar-refractivity contribution is 0.0927. The number of nitrogens with one attached hydrogen (secondary N) is 2. The van der Waals surface area contributed by atoms with Crippen molar-refractivity contribution >= 4 is 55.2 Å². The van der Waals surface area contributed by atoms with Crippen LogP contribution in [0.3, 0.4) is 0 Å². The molecule has 4 aromatic rings. The predicted molar refractivity (Wildman–Crippen MR) is 129 cm³/mol. The van der Waals surface area contributed by atoms with Crippen LogP contribution in [-0.2, 0) is 0 Å². The zero-order valence-electron chi connectivity index (χ0n) is 16.8. The Morgan fingerprint density at radius 2 is 1.90 bits per heavy atom. The van der Waals surface area contributed by atoms with Crippen molar-refractivity contribution in [2.45, 2.75) is 37.8 Å². The van der Waals surface area contributed by atoms with Gasteiger partial charge in [0.25, 0.3) is 5.91 Å². The van der Waals surface area contributed by atoms with Gasteiger partial charge in [0.05, 0.1) is 16.8 Å². The Bertz CT molecular complexity index is 1290. The molecule has 0 spiro atoms. The summed E-state index contributed by atoms with van der Waals surface area (Å²) < 4.78 is 0.988. The summed E-state index contributed by atoms with van der Waals surface area (Å²) in [5.74, 6) is -0.0996. The standard InChI is InChI=1S/C24H22BrClN4O/c25-13-1-7-21-17(9-13)20(12-28-21)23-11-19(18-10-14(26)2-8-22(18)30-23)24(31)29-16-5-3-15(27)4-6-16/h1-2,7-12,15-16,28H,3-6,27H2,(H,29,31). The van der Waals surface area contributed by atoms with Crippen LogP contribution in [0.4, 0.5) is 0 Å². The van der Waals surface area contributed by atoms with Gasteiger partial charge in [0.1, 0.15) is 0 Å². The molecule has 2 aromatic carbocycles. The molecular formula is C24H22BrClN4O. The number of nitrogens with two attached hydrogens (primary N) is 1. The highest BCUT2D eigenvalue weighted by atomic mass is 79.9. The van der Waals surface area contributed by atoms with Crippen LogP contribution in [0.25, 0.3) is 33.1 Å². The van der Waals surface area contributed by atoms with E-state index in [1.165, 1.54) is 0 Å². The number of rotatable bonds is 3. The average molecular weight is 498 g/mol. The van der Waals surface area contributed by atoms with Gasteiger partial charge in [-0.1, -0.05) is 27.5 Å². The maximum Gasteiger partial charge on any atom is 0.252 e. The van der Waals surface area contributed by atoms with Crippen molar-refractivity contribution in [2.24, 2.45) is 5.73 Å². The number of carbonyl (C=O) groups is 1. The van der Waals surface area contributed by atoms with E-state index in [2.05, 4.69) is 32.3 Å². The van der Waals surface area contributed by atoms with Crippen LogP contribution in [0.5, 0.6) is 0 Å². The van der Waals surface area contributed by atoms with Crippen LogP contribution in [0.15, 0.2) is 53.1 Å². The van der Waals surface area contributed by atoms with Gasteiger partial charge >= 0.3 is 0 Å². The summed E-state index contributed by atoms with van der Waals surface area (Å²) in [6.45, 7) is 0. The quantitative estimate of drug-likeness (QED) is 0.334. The van der Waals surface area contributed by atoms with Crippen LogP contribution < -0.4 is 11.1 Å². The Labute approximate surface area is 193 Å². The molecule has 0 bridgehead atoms. The number of halogens is 2. The van der Waals surface area contributed by atoms with Crippen molar-refractivity contribution in [1.29, 1.82) is 0 Å². The van der Waals surface area contributed by atoms with E-state index in [9.17, 15) is 4.79 Å². The van der Waals surface area contributed by atoms with Gasteiger partial charge in [-0.15, -0.1) is 0 Å². The van der Waals surface area contributed by atoms with Crippen LogP contribution in [-0.4, -0.2) is 28.0 Å². The minimum Gasteiger partial charge on any atom is -0.360 e. The Morgan fingerprint density at radius 1 is 1.10 bits per heavy atom. The lowest BCUT2D eigenvalue weighted by Crippen LogP contribution is -2.40. The number of hydrogen-bond donors (Lipinski definition) is 3. The minimum absolute atomic E-state index is 0.0996. The first-order valence-electron chi connectivity index (χ1n) is 10.4. The number of aromatic nitrogens is 2. The third-order valence-corrected chi connectivity index (χ3v) is 6.77. The lowest BCUT2D eigenvalue weighted by Gasteiger charge is -2.27. The van der Waals surface area contributed by atoms with Crippen molar-refractivity contribution in [3.05, 3.63) is 63.7 Å². The maximum absolute atomic E-state index is 13.3. The molecule has 0 aliphatic heterocycles. The average Bonchev–Trinajstić information content (AvgIpc) is 3.17. The van der Waals surface area contributed by atoms with Crippen LogP contribution in [0, 0.1) is 0 Å². The van der Waals surface area contributed by atoms with E-state index < -0.39 is 0 Å². The number of pyridine rings is 1. The van der Waals surface area contributed by atoms with E-state index in [1.807, 2.05) is 36.5 Å². The number of carbonyl (C=O) groups excluding carboxylic acids is 1. The SMILES string of the molecule is NC1CCC(NC(=O)c2cc(-c3c[nH]c4ccc(Br)cc34)nc3ccc(Cl)cc23)CC1. The Morgan fingerprint density at radius 3 is 2.71 bits per heavy atom. The number of benzene rings is 2. The number of aromatic amines is 1. The highest BCUT2D eigenvalue weighted by Gasteiger charge is 2.22. The van der Waals surface area contributed by atoms with Crippen molar-refractivity contribution in [2.75, 3.05) is 0 Å². The third kappa shape index (κ3) is 4.07. The molecule has 1 amide bonds. The number of fused-ring (bicyclic) bond motifs is 2. The molecule has 5 rings (SSSR count). The van der Waals surface area contributed by atoms with Gasteiger partial charge in [0.15, 0.2) is 0 Å². The molecule has 1 fully saturated rings. The maximum atomic E-state index is 13.3. The lowest BCUT2D eigenvalue weighted by atomic mass is 9.91. The molecule has 0 unspecified atom stereocenters. The Kier molecular flexibility index (Phi) is 5.46. The number of H-pyrrole nitrogens is 1. The first-order valence-corrected chi connectivity index (χ1v) is 11.6. The number of amides is 1. The Balaban J connectivity index is 1.60. The van der Waals surface area contributed by atoms with Crippen molar-refractivity contribution < 1.29 is 4.79 Å². The fourth-order valence-electron chi connectivity index (χ4n) is 4.36. The summed E-state index contributed by atoms with van der Waals surface area (Å²) >= 11 is 9.80. The Hall–Kier alpha value is -2.41. The number of nitrogens with zero attached hydrogens (tertiary/aromatic N) is 1. The predicted octanol–water partition coefficient (Wildman–Crippen LogP) is 5.80. The smallest absolute Gasteiger partial charge is 0.252 e. The molecule has 2 heterocycles. The molecule has 0 saturated heterocycles. The van der Waals surface area contributed by atoms with E-state index in [1.54, 1.807) is 6.07 Å². The molecule has 4 N–H and O–H groups in total. The largest absolute Gasteiger partial charge is 0.360 e. The first kappa shape index (κ1) is 20.5. The van der Waals surface area contributed by atoms with Crippen LogP contribution >= 0.6 is 27.5 Å². The number of hydrogen-bond acceptors (Lipinski definition) is 3. The van der Waals surface area contributed by atoms with Crippen LogP contribution in [0.1, 0.15) is 36.0 Å². The van der Waals surface area contributed by atoms with Crippen molar-refractivity contribution in [3.8, 4) is 11.3 Å². The van der Waals surface area contributed by atoms with E-state index >= 15 is 0 Å². The third-order valence-electron chi connectivity index (χ3n) is 6.04. The molecule has 2 aromatic heterocycles. The fourth-order valence-corrected chi connectivity index (χ4v) is 4.89. The molecule has 158 valence electrons. The second-order valence-electron chi connectivity index (χ2n) is 8.19. The molecule has 1 aliphatic rings. The summed E-state index contributed by atoms with van der Waals surface area (Å²) in [6, 6.07) is 13.8. The van der Waals surface area contributed by atoms with Gasteiger partial charge < -0.3 is 16.0 Å². The highest BCUT2D eigenvalue weighted by Crippen LogP contribution is 2.33. The van der Waals surface area contributed by atoms with Gasteiger partial charge in [0.2, 0.25) is 0 Å². The molecule has 1 saturated carbocycles. The molecule has 5 nitrogen and oxygen atoms in total. The summed E-state index contributed by atoms with van der Waals surface area (Å²) in [6.07, 6.45) is 5.61. The zero-order valence-corrected chi connectivity index (χ0v) is 19.1. The van der Waals surface area contributed by atoms with Crippen molar-refractivity contribution in [1.82, 2.24) is 15.3 Å². The molecule has 7 heteroatoms. The monoisotopic (exact) mass is 496 g/mol. The van der Waals surface area contributed by atoms with E-state index in [-0.39, 0.29) is 18.0 Å². The van der Waals surface area contributed by atoms with Gasteiger partial charge in [-0.05, 0) is 68.1 Å². The first-order chi connectivity index (χ1) is 15.0. The normalized spacial score (nSPS) is 19.1. The fraction of sp³-hybridized carbons (Fsp3) is 0.250. The molecule has 0 radical (unpaired) electrons. The zero-order chi connectivity index (χ0) is 21.5. The van der Waals surface area contributed by atoms with E-state index in [0.29, 0.717) is 10.6 Å². The van der Waals surface area contributed by atoms with E-state index in [4.69, 9.17) is 22.3 Å². The summed E-state index contributed by atoms with van der Waals surface area (Å²) in [7, 11) is 0. The molecular weight excluding hydrogens is 476 g/mol. The summed E-state index contributed by atoms with van der Waals surface area (Å²) in [5.41, 5.74) is 10.1. The highest BCUT2D eigenvalue weighted by molar-refractivity contribution is 9.10. The second kappa shape index (κ2) is 8.26. The van der Waals surface area contributed by atoms with Crippen LogP contribution in [0.2, 0.25) is 5.02 Å². The topological polar surface area (TPSA) is 83.8 Å². The summed E-state index contributed by atoms with van der Waals surface area (Å²) in [5, 5.41) is 5.58. The van der Waals surface area contributed by atoms with E-state index in [0.717, 1.165) is 63.2 Å². The van der Waals surface area contributed by atoms with Gasteiger partial charge in [-0.2, -0.15) is 0 Å². The molecule has 0 atom stereocenters. The summed E-state index contributed by atoms with van der Waals surface area (Å²) in [4.78, 5) is 21.5. The minimum atomic E-state index is -0.0996. The van der Waals surface area contributed by atoms with Crippen molar-refractivity contribution in [3.63, 3.8) is 0 Å². The molecule has 31 heavy (non-hydrogen) atoms. The van der Waals surface area contributed by atoms with Gasteiger partial charge in [-0.3, -0.25) is 4.79 Å².